The SMILES string of the molecule is C[C@H](C(=O)Nc1ccc(F)cc1)[n+]1ccc(C(=O)c2ccccc2)cc1. The highest BCUT2D eigenvalue weighted by atomic mass is 19.1. The Bertz CT molecular complexity index is 907. The van der Waals surface area contributed by atoms with E-state index in [1.807, 2.05) is 18.2 Å². The first-order valence-corrected chi connectivity index (χ1v) is 8.21. The summed E-state index contributed by atoms with van der Waals surface area (Å²) in [7, 11) is 0. The summed E-state index contributed by atoms with van der Waals surface area (Å²) < 4.78 is 14.6. The van der Waals surface area contributed by atoms with Crippen LogP contribution < -0.4 is 9.88 Å². The van der Waals surface area contributed by atoms with E-state index in [2.05, 4.69) is 5.32 Å². The minimum atomic E-state index is -0.485. The van der Waals surface area contributed by atoms with Gasteiger partial charge in [-0.2, -0.15) is 4.57 Å². The predicted molar refractivity (Wildman–Crippen MR) is 96.3 cm³/mol. The maximum atomic E-state index is 12.9. The van der Waals surface area contributed by atoms with Crippen molar-refractivity contribution < 1.29 is 18.5 Å². The quantitative estimate of drug-likeness (QED) is 0.566. The van der Waals surface area contributed by atoms with Crippen LogP contribution in [0.25, 0.3) is 0 Å². The van der Waals surface area contributed by atoms with Gasteiger partial charge in [-0.3, -0.25) is 9.59 Å². The minimum absolute atomic E-state index is 0.0684. The van der Waals surface area contributed by atoms with Crippen molar-refractivity contribution in [3.63, 3.8) is 0 Å². The Morgan fingerprint density at radius 2 is 1.46 bits per heavy atom. The standard InChI is InChI=1S/C21H17FN2O2/c1-15(21(26)23-19-9-7-18(22)8-10-19)24-13-11-17(12-14-24)20(25)16-5-3-2-4-6-16/h2-15H,1H3/p+1/t15-/m1/s1. The molecule has 0 aliphatic rings. The summed E-state index contributed by atoms with van der Waals surface area (Å²) in [5.41, 5.74) is 1.70. The largest absolute Gasteiger partial charge is 0.320 e. The zero-order valence-corrected chi connectivity index (χ0v) is 14.2. The molecule has 2 aromatic carbocycles. The molecule has 0 fully saturated rings. The van der Waals surface area contributed by atoms with Crippen molar-refractivity contribution >= 4 is 17.4 Å². The van der Waals surface area contributed by atoms with Gasteiger partial charge in [0.05, 0.1) is 0 Å². The highest BCUT2D eigenvalue weighted by Crippen LogP contribution is 2.11. The number of carbonyl (C=O) groups excluding carboxylic acids is 2. The highest BCUT2D eigenvalue weighted by molar-refractivity contribution is 6.08. The van der Waals surface area contributed by atoms with Crippen LogP contribution in [0.2, 0.25) is 0 Å². The lowest BCUT2D eigenvalue weighted by Gasteiger charge is -2.09. The number of rotatable bonds is 5. The lowest BCUT2D eigenvalue weighted by molar-refractivity contribution is -0.705. The van der Waals surface area contributed by atoms with Crippen LogP contribution in [0.15, 0.2) is 79.1 Å². The molecule has 3 rings (SSSR count). The molecule has 130 valence electrons. The summed E-state index contributed by atoms with van der Waals surface area (Å²) in [5.74, 6) is -0.658. The molecule has 0 aliphatic carbocycles. The number of nitrogens with one attached hydrogen (secondary N) is 1. The zero-order chi connectivity index (χ0) is 18.5. The van der Waals surface area contributed by atoms with Gasteiger partial charge in [0, 0.05) is 35.9 Å². The summed E-state index contributed by atoms with van der Waals surface area (Å²) in [6.45, 7) is 1.75. The van der Waals surface area contributed by atoms with E-state index in [1.165, 1.54) is 24.3 Å². The normalized spacial score (nSPS) is 11.6. The third-order valence-corrected chi connectivity index (χ3v) is 4.09. The molecule has 0 bridgehead atoms. The first kappa shape index (κ1) is 17.5. The number of halogens is 1. The number of carbonyl (C=O) groups is 2. The summed E-state index contributed by atoms with van der Waals surface area (Å²) in [5, 5.41) is 2.74. The fraction of sp³-hybridized carbons (Fsp3) is 0.0952. The van der Waals surface area contributed by atoms with E-state index < -0.39 is 6.04 Å². The Labute approximate surface area is 150 Å². The van der Waals surface area contributed by atoms with Crippen LogP contribution in [0.3, 0.4) is 0 Å². The van der Waals surface area contributed by atoms with Crippen molar-refractivity contribution in [2.24, 2.45) is 0 Å². The monoisotopic (exact) mass is 349 g/mol. The molecule has 0 aliphatic heterocycles. The first-order chi connectivity index (χ1) is 12.5. The van der Waals surface area contributed by atoms with Gasteiger partial charge in [-0.05, 0) is 24.3 Å². The van der Waals surface area contributed by atoms with Gasteiger partial charge in [0.1, 0.15) is 5.82 Å². The van der Waals surface area contributed by atoms with Gasteiger partial charge in [-0.1, -0.05) is 30.3 Å². The molecule has 0 saturated carbocycles. The number of pyridine rings is 1. The molecule has 1 heterocycles. The molecule has 3 aromatic rings. The molecule has 5 heteroatoms. The van der Waals surface area contributed by atoms with E-state index in [0.717, 1.165) is 0 Å². The van der Waals surface area contributed by atoms with E-state index in [0.29, 0.717) is 16.8 Å². The van der Waals surface area contributed by atoms with Gasteiger partial charge < -0.3 is 5.32 Å². The molecule has 4 nitrogen and oxygen atoms in total. The maximum Gasteiger partial charge on any atom is 0.293 e. The maximum absolute atomic E-state index is 12.9. The molecular formula is C21H18FN2O2+. The molecule has 0 radical (unpaired) electrons. The Morgan fingerprint density at radius 1 is 0.885 bits per heavy atom. The van der Waals surface area contributed by atoms with E-state index in [-0.39, 0.29) is 17.5 Å². The fourth-order valence-electron chi connectivity index (χ4n) is 2.52. The minimum Gasteiger partial charge on any atom is -0.320 e. The lowest BCUT2D eigenvalue weighted by Crippen LogP contribution is -2.44. The Kier molecular flexibility index (Phi) is 5.17. The fourth-order valence-corrected chi connectivity index (χ4v) is 2.52. The molecule has 1 atom stereocenters. The molecule has 26 heavy (non-hydrogen) atoms. The van der Waals surface area contributed by atoms with Crippen LogP contribution in [0.1, 0.15) is 28.9 Å². The number of ketones is 1. The number of benzene rings is 2. The number of aromatic nitrogens is 1. The van der Waals surface area contributed by atoms with Crippen LogP contribution in [0.4, 0.5) is 10.1 Å². The molecule has 1 aromatic heterocycles. The van der Waals surface area contributed by atoms with Crippen LogP contribution in [0, 0.1) is 5.82 Å². The van der Waals surface area contributed by atoms with Crippen molar-refractivity contribution in [3.8, 4) is 0 Å². The lowest BCUT2D eigenvalue weighted by atomic mass is 10.0. The van der Waals surface area contributed by atoms with Gasteiger partial charge in [0.15, 0.2) is 18.2 Å². The van der Waals surface area contributed by atoms with Gasteiger partial charge in [-0.15, -0.1) is 0 Å². The van der Waals surface area contributed by atoms with Crippen LogP contribution >= 0.6 is 0 Å². The molecule has 0 spiro atoms. The summed E-state index contributed by atoms with van der Waals surface area (Å²) >= 11 is 0. The second-order valence-corrected chi connectivity index (χ2v) is 5.90. The van der Waals surface area contributed by atoms with E-state index in [4.69, 9.17) is 0 Å². The van der Waals surface area contributed by atoms with E-state index in [1.54, 1.807) is 48.1 Å². The third kappa shape index (κ3) is 4.00. The topological polar surface area (TPSA) is 50.1 Å². The van der Waals surface area contributed by atoms with Crippen LogP contribution in [-0.4, -0.2) is 11.7 Å². The average Bonchev–Trinajstić information content (AvgIpc) is 2.69. The molecule has 0 unspecified atom stereocenters. The third-order valence-electron chi connectivity index (χ3n) is 4.09. The number of hydrogen-bond acceptors (Lipinski definition) is 2. The second kappa shape index (κ2) is 7.70. The van der Waals surface area contributed by atoms with Crippen molar-refractivity contribution in [1.29, 1.82) is 0 Å². The van der Waals surface area contributed by atoms with Gasteiger partial charge in [-0.25, -0.2) is 4.39 Å². The Balaban J connectivity index is 1.70. The summed E-state index contributed by atoms with van der Waals surface area (Å²) in [4.78, 5) is 24.8. The number of anilines is 1. The second-order valence-electron chi connectivity index (χ2n) is 5.90. The van der Waals surface area contributed by atoms with E-state index in [9.17, 15) is 14.0 Å². The Hall–Kier alpha value is -3.34. The smallest absolute Gasteiger partial charge is 0.293 e. The number of nitrogens with zero attached hydrogens (tertiary/aromatic N) is 1. The van der Waals surface area contributed by atoms with Gasteiger partial charge in [0.25, 0.3) is 5.91 Å². The van der Waals surface area contributed by atoms with Crippen molar-refractivity contribution in [2.45, 2.75) is 13.0 Å². The average molecular weight is 349 g/mol. The van der Waals surface area contributed by atoms with Crippen molar-refractivity contribution in [2.75, 3.05) is 5.32 Å². The zero-order valence-electron chi connectivity index (χ0n) is 14.2. The predicted octanol–water partition coefficient (Wildman–Crippen LogP) is 3.54. The number of hydrogen-bond donors (Lipinski definition) is 1. The summed E-state index contributed by atoms with van der Waals surface area (Å²) in [6, 6.07) is 17.5. The van der Waals surface area contributed by atoms with Crippen molar-refractivity contribution in [1.82, 2.24) is 0 Å². The first-order valence-electron chi connectivity index (χ1n) is 8.21. The summed E-state index contributed by atoms with van der Waals surface area (Å²) in [6.07, 6.45) is 3.40. The highest BCUT2D eigenvalue weighted by Gasteiger charge is 2.22. The molecular weight excluding hydrogens is 331 g/mol. The molecule has 1 amide bonds. The molecule has 0 saturated heterocycles. The Morgan fingerprint density at radius 3 is 2.08 bits per heavy atom. The van der Waals surface area contributed by atoms with Crippen LogP contribution in [-0.2, 0) is 4.79 Å². The number of amides is 1. The van der Waals surface area contributed by atoms with Crippen molar-refractivity contribution in [3.05, 3.63) is 96.1 Å². The molecule has 1 N–H and O–H groups in total. The van der Waals surface area contributed by atoms with Gasteiger partial charge >= 0.3 is 0 Å². The van der Waals surface area contributed by atoms with Crippen LogP contribution in [0.5, 0.6) is 0 Å². The van der Waals surface area contributed by atoms with E-state index >= 15 is 0 Å². The van der Waals surface area contributed by atoms with Gasteiger partial charge in [0.2, 0.25) is 6.04 Å².